The summed E-state index contributed by atoms with van der Waals surface area (Å²) in [6.07, 6.45) is 3.66. The number of benzene rings is 1. The van der Waals surface area contributed by atoms with E-state index in [-0.39, 0.29) is 5.82 Å². The maximum Gasteiger partial charge on any atom is 0.123 e. The first kappa shape index (κ1) is 19.3. The van der Waals surface area contributed by atoms with Gasteiger partial charge in [0.1, 0.15) is 5.82 Å². The number of rotatable bonds is 2. The zero-order chi connectivity index (χ0) is 16.3. The molecule has 0 amide bonds. The predicted molar refractivity (Wildman–Crippen MR) is 90.2 cm³/mol. The standard InChI is InChI=1S/C9H11F.C8H11N.C2H6/c1-7(2)8-3-5-9(10)6-4-8;1-7(2)8-3-5-9-6-4-8;1-2/h3-7H,1-2H3;3-7H,1-2H3;1-2H3. The summed E-state index contributed by atoms with van der Waals surface area (Å²) in [5, 5.41) is 0. The highest BCUT2D eigenvalue weighted by molar-refractivity contribution is 5.18. The van der Waals surface area contributed by atoms with Crippen molar-refractivity contribution in [1.82, 2.24) is 4.98 Å². The molecule has 1 heterocycles. The van der Waals surface area contributed by atoms with Crippen LogP contribution in [-0.2, 0) is 0 Å². The molecule has 0 saturated heterocycles. The lowest BCUT2D eigenvalue weighted by atomic mass is 10.0. The van der Waals surface area contributed by atoms with Gasteiger partial charge in [0.2, 0.25) is 0 Å². The van der Waals surface area contributed by atoms with E-state index >= 15 is 0 Å². The predicted octanol–water partition coefficient (Wildman–Crippen LogP) is 6.18. The van der Waals surface area contributed by atoms with Gasteiger partial charge in [0.15, 0.2) is 0 Å². The van der Waals surface area contributed by atoms with Gasteiger partial charge in [-0.05, 0) is 47.2 Å². The third kappa shape index (κ3) is 8.23. The number of halogens is 1. The number of hydrogen-bond donors (Lipinski definition) is 0. The van der Waals surface area contributed by atoms with E-state index in [0.717, 1.165) is 0 Å². The molecule has 0 aliphatic heterocycles. The van der Waals surface area contributed by atoms with Gasteiger partial charge in [-0.15, -0.1) is 0 Å². The summed E-state index contributed by atoms with van der Waals surface area (Å²) < 4.78 is 12.4. The van der Waals surface area contributed by atoms with Crippen molar-refractivity contribution in [3.8, 4) is 0 Å². The van der Waals surface area contributed by atoms with Crippen LogP contribution in [0.3, 0.4) is 0 Å². The minimum Gasteiger partial charge on any atom is -0.265 e. The Morgan fingerprint density at radius 3 is 1.43 bits per heavy atom. The lowest BCUT2D eigenvalue weighted by molar-refractivity contribution is 0.626. The van der Waals surface area contributed by atoms with E-state index < -0.39 is 0 Å². The van der Waals surface area contributed by atoms with Crippen LogP contribution in [0.25, 0.3) is 0 Å². The number of pyridine rings is 1. The molecular weight excluding hydrogens is 261 g/mol. The lowest BCUT2D eigenvalue weighted by Gasteiger charge is -2.02. The minimum absolute atomic E-state index is 0.163. The van der Waals surface area contributed by atoms with Crippen molar-refractivity contribution in [3.63, 3.8) is 0 Å². The summed E-state index contributed by atoms with van der Waals surface area (Å²) in [4.78, 5) is 3.93. The third-order valence-electron chi connectivity index (χ3n) is 2.91. The van der Waals surface area contributed by atoms with Crippen LogP contribution in [0.5, 0.6) is 0 Å². The zero-order valence-electron chi connectivity index (χ0n) is 14.1. The molecule has 0 N–H and O–H groups in total. The molecule has 0 saturated carbocycles. The van der Waals surface area contributed by atoms with Crippen molar-refractivity contribution in [2.24, 2.45) is 0 Å². The Labute approximate surface area is 129 Å². The zero-order valence-corrected chi connectivity index (χ0v) is 14.1. The second kappa shape index (κ2) is 11.0. The molecule has 0 radical (unpaired) electrons. The third-order valence-corrected chi connectivity index (χ3v) is 2.91. The summed E-state index contributed by atoms with van der Waals surface area (Å²) >= 11 is 0. The maximum absolute atomic E-state index is 12.4. The highest BCUT2D eigenvalue weighted by Gasteiger charge is 1.96. The van der Waals surface area contributed by atoms with Crippen LogP contribution < -0.4 is 0 Å². The van der Waals surface area contributed by atoms with Gasteiger partial charge in [0, 0.05) is 12.4 Å². The van der Waals surface area contributed by atoms with E-state index in [1.54, 1.807) is 0 Å². The Balaban J connectivity index is 0.000000342. The first-order valence-electron chi connectivity index (χ1n) is 7.66. The molecule has 1 nitrogen and oxygen atoms in total. The second-order valence-electron chi connectivity index (χ2n) is 5.14. The molecule has 2 aromatic rings. The molecule has 0 atom stereocenters. The fourth-order valence-corrected chi connectivity index (χ4v) is 1.60. The molecule has 2 rings (SSSR count). The fraction of sp³-hybridized carbons (Fsp3) is 0.421. The van der Waals surface area contributed by atoms with Crippen molar-refractivity contribution in [3.05, 3.63) is 65.7 Å². The largest absolute Gasteiger partial charge is 0.265 e. The molecule has 1 aromatic heterocycles. The molecule has 21 heavy (non-hydrogen) atoms. The second-order valence-corrected chi connectivity index (χ2v) is 5.14. The van der Waals surface area contributed by atoms with Gasteiger partial charge in [-0.3, -0.25) is 4.98 Å². The Kier molecular flexibility index (Phi) is 10.1. The highest BCUT2D eigenvalue weighted by Crippen LogP contribution is 2.13. The molecule has 0 unspecified atom stereocenters. The van der Waals surface area contributed by atoms with Crippen LogP contribution in [0.2, 0.25) is 0 Å². The van der Waals surface area contributed by atoms with E-state index in [1.165, 1.54) is 23.3 Å². The Morgan fingerprint density at radius 1 is 0.714 bits per heavy atom. The van der Waals surface area contributed by atoms with Gasteiger partial charge in [-0.2, -0.15) is 0 Å². The van der Waals surface area contributed by atoms with Gasteiger partial charge in [-0.25, -0.2) is 4.39 Å². The molecule has 0 aliphatic carbocycles. The summed E-state index contributed by atoms with van der Waals surface area (Å²) in [5.41, 5.74) is 2.53. The van der Waals surface area contributed by atoms with E-state index in [0.29, 0.717) is 11.8 Å². The van der Waals surface area contributed by atoms with Crippen LogP contribution in [-0.4, -0.2) is 4.98 Å². The number of aromatic nitrogens is 1. The Morgan fingerprint density at radius 2 is 1.10 bits per heavy atom. The highest BCUT2D eigenvalue weighted by atomic mass is 19.1. The molecular formula is C19H28FN. The SMILES string of the molecule is CC.CC(C)c1ccc(F)cc1.CC(C)c1ccncc1. The summed E-state index contributed by atoms with van der Waals surface area (Å²) in [5.74, 6) is 0.943. The quantitative estimate of drug-likeness (QED) is 0.643. The van der Waals surface area contributed by atoms with Crippen molar-refractivity contribution < 1.29 is 4.39 Å². The molecule has 0 fully saturated rings. The number of hydrogen-bond acceptors (Lipinski definition) is 1. The van der Waals surface area contributed by atoms with Crippen LogP contribution in [0.1, 0.15) is 64.5 Å². The first-order valence-corrected chi connectivity index (χ1v) is 7.66. The normalized spacial score (nSPS) is 9.57. The van der Waals surface area contributed by atoms with Crippen molar-refractivity contribution in [2.45, 2.75) is 53.4 Å². The Bertz CT molecular complexity index is 461. The van der Waals surface area contributed by atoms with Crippen LogP contribution >= 0.6 is 0 Å². The first-order chi connectivity index (χ1) is 10.0. The van der Waals surface area contributed by atoms with Gasteiger partial charge < -0.3 is 0 Å². The number of nitrogens with zero attached hydrogens (tertiary/aromatic N) is 1. The lowest BCUT2D eigenvalue weighted by Crippen LogP contribution is -1.85. The molecule has 0 spiro atoms. The Hall–Kier alpha value is -1.70. The van der Waals surface area contributed by atoms with E-state index in [2.05, 4.69) is 32.7 Å². The maximum atomic E-state index is 12.4. The monoisotopic (exact) mass is 289 g/mol. The van der Waals surface area contributed by atoms with Crippen molar-refractivity contribution in [2.75, 3.05) is 0 Å². The van der Waals surface area contributed by atoms with Gasteiger partial charge in [0.05, 0.1) is 0 Å². The van der Waals surface area contributed by atoms with Gasteiger partial charge in [0.25, 0.3) is 0 Å². The van der Waals surface area contributed by atoms with Crippen LogP contribution in [0, 0.1) is 5.82 Å². The van der Waals surface area contributed by atoms with E-state index in [1.807, 2.05) is 50.5 Å². The summed E-state index contributed by atoms with van der Waals surface area (Å²) in [6, 6.07) is 10.7. The van der Waals surface area contributed by atoms with E-state index in [9.17, 15) is 4.39 Å². The molecule has 1 aromatic carbocycles. The smallest absolute Gasteiger partial charge is 0.123 e. The topological polar surface area (TPSA) is 12.9 Å². The minimum atomic E-state index is -0.163. The summed E-state index contributed by atoms with van der Waals surface area (Å²) in [7, 11) is 0. The van der Waals surface area contributed by atoms with Gasteiger partial charge >= 0.3 is 0 Å². The molecule has 0 aliphatic rings. The molecule has 0 bridgehead atoms. The molecule has 2 heteroatoms. The average molecular weight is 289 g/mol. The summed E-state index contributed by atoms with van der Waals surface area (Å²) in [6.45, 7) is 12.5. The van der Waals surface area contributed by atoms with Crippen molar-refractivity contribution >= 4 is 0 Å². The van der Waals surface area contributed by atoms with Crippen LogP contribution in [0.4, 0.5) is 4.39 Å². The van der Waals surface area contributed by atoms with Crippen molar-refractivity contribution in [1.29, 1.82) is 0 Å². The van der Waals surface area contributed by atoms with Gasteiger partial charge in [-0.1, -0.05) is 53.7 Å². The fourth-order valence-electron chi connectivity index (χ4n) is 1.60. The van der Waals surface area contributed by atoms with Crippen LogP contribution in [0.15, 0.2) is 48.8 Å². The average Bonchev–Trinajstić information content (AvgIpc) is 2.51. The van der Waals surface area contributed by atoms with E-state index in [4.69, 9.17) is 0 Å². The molecule has 116 valence electrons.